The number of carbonyl (C=O) groups is 1. The molecule has 1 saturated heterocycles. The van der Waals surface area contributed by atoms with Gasteiger partial charge in [0.25, 0.3) is 11.6 Å². The molecule has 3 heterocycles. The topological polar surface area (TPSA) is 96.9 Å². The van der Waals surface area contributed by atoms with Crippen LogP contribution in [0, 0.1) is 24.0 Å². The summed E-state index contributed by atoms with van der Waals surface area (Å²) in [6.07, 6.45) is 1.58. The predicted octanol–water partition coefficient (Wildman–Crippen LogP) is 2.22. The zero-order valence-corrected chi connectivity index (χ0v) is 15.7. The van der Waals surface area contributed by atoms with Crippen molar-refractivity contribution in [3.8, 4) is 0 Å². The first-order valence-corrected chi connectivity index (χ1v) is 9.05. The van der Waals surface area contributed by atoms with E-state index in [0.29, 0.717) is 37.4 Å². The van der Waals surface area contributed by atoms with Crippen molar-refractivity contribution in [2.24, 2.45) is 0 Å². The van der Waals surface area contributed by atoms with Crippen LogP contribution in [0.2, 0.25) is 0 Å². The van der Waals surface area contributed by atoms with Crippen molar-refractivity contribution >= 4 is 22.9 Å². The molecule has 0 unspecified atom stereocenters. The molecule has 2 aromatic heterocycles. The highest BCUT2D eigenvalue weighted by atomic mass is 16.6. The van der Waals surface area contributed by atoms with E-state index in [1.807, 2.05) is 19.9 Å². The van der Waals surface area contributed by atoms with Crippen molar-refractivity contribution in [2.45, 2.75) is 13.8 Å². The molecule has 0 aliphatic carbocycles. The first-order valence-electron chi connectivity index (χ1n) is 9.05. The number of aromatic nitrogens is 3. The molecule has 3 aromatic rings. The maximum atomic E-state index is 13.0. The molecule has 1 amide bonds. The Labute approximate surface area is 161 Å². The van der Waals surface area contributed by atoms with Gasteiger partial charge >= 0.3 is 0 Å². The maximum Gasteiger partial charge on any atom is 0.269 e. The standard InChI is InChI=1S/C19H20N6O3/c1-13-11-14(2)24-18(21-13)17(12-20-24)19(26)23-9-7-22(8-10-23)15-3-5-16(6-4-15)25(27)28/h3-6,11-12H,7-10H2,1-2H3. The van der Waals surface area contributed by atoms with Gasteiger partial charge in [0.2, 0.25) is 0 Å². The normalized spacial score (nSPS) is 14.5. The van der Waals surface area contributed by atoms with Crippen LogP contribution in [0.3, 0.4) is 0 Å². The molecule has 0 saturated carbocycles. The van der Waals surface area contributed by atoms with Crippen LogP contribution in [-0.2, 0) is 0 Å². The molecule has 1 aromatic carbocycles. The van der Waals surface area contributed by atoms with Crippen LogP contribution in [-0.4, -0.2) is 56.5 Å². The minimum atomic E-state index is -0.409. The van der Waals surface area contributed by atoms with Gasteiger partial charge in [-0.25, -0.2) is 9.50 Å². The number of carbonyl (C=O) groups excluding carboxylic acids is 1. The average molecular weight is 380 g/mol. The van der Waals surface area contributed by atoms with Gasteiger partial charge in [0.1, 0.15) is 5.56 Å². The van der Waals surface area contributed by atoms with Gasteiger partial charge in [-0.3, -0.25) is 14.9 Å². The maximum absolute atomic E-state index is 13.0. The molecule has 28 heavy (non-hydrogen) atoms. The molecule has 9 heteroatoms. The molecular formula is C19H20N6O3. The Kier molecular flexibility index (Phi) is 4.42. The van der Waals surface area contributed by atoms with E-state index < -0.39 is 4.92 Å². The number of piperazine rings is 1. The number of amides is 1. The second-order valence-corrected chi connectivity index (χ2v) is 6.89. The third-order valence-corrected chi connectivity index (χ3v) is 5.00. The Balaban J connectivity index is 1.48. The Hall–Kier alpha value is -3.49. The number of hydrogen-bond acceptors (Lipinski definition) is 6. The number of nitro benzene ring substituents is 1. The highest BCUT2D eigenvalue weighted by Crippen LogP contribution is 2.22. The number of fused-ring (bicyclic) bond motifs is 1. The lowest BCUT2D eigenvalue weighted by Gasteiger charge is -2.36. The van der Waals surface area contributed by atoms with E-state index in [1.165, 1.54) is 12.1 Å². The lowest BCUT2D eigenvalue weighted by Crippen LogP contribution is -2.48. The molecule has 1 fully saturated rings. The number of anilines is 1. The first kappa shape index (κ1) is 17.9. The number of non-ortho nitro benzene ring substituents is 1. The van der Waals surface area contributed by atoms with Crippen LogP contribution < -0.4 is 4.90 Å². The van der Waals surface area contributed by atoms with Crippen molar-refractivity contribution in [2.75, 3.05) is 31.1 Å². The van der Waals surface area contributed by atoms with Gasteiger partial charge in [0, 0.05) is 55.4 Å². The second kappa shape index (κ2) is 6.91. The summed E-state index contributed by atoms with van der Waals surface area (Å²) in [4.78, 5) is 31.8. The van der Waals surface area contributed by atoms with Crippen molar-refractivity contribution in [1.82, 2.24) is 19.5 Å². The number of nitrogens with zero attached hydrogens (tertiary/aromatic N) is 6. The van der Waals surface area contributed by atoms with E-state index in [2.05, 4.69) is 15.0 Å². The quantitative estimate of drug-likeness (QED) is 0.511. The van der Waals surface area contributed by atoms with Gasteiger partial charge in [-0.05, 0) is 32.0 Å². The van der Waals surface area contributed by atoms with Crippen LogP contribution in [0.25, 0.3) is 5.65 Å². The average Bonchev–Trinajstić information content (AvgIpc) is 3.12. The summed E-state index contributed by atoms with van der Waals surface area (Å²) in [6.45, 7) is 6.29. The zero-order chi connectivity index (χ0) is 19.8. The van der Waals surface area contributed by atoms with E-state index in [4.69, 9.17) is 0 Å². The second-order valence-electron chi connectivity index (χ2n) is 6.89. The monoisotopic (exact) mass is 380 g/mol. The van der Waals surface area contributed by atoms with E-state index in [0.717, 1.165) is 17.1 Å². The van der Waals surface area contributed by atoms with Gasteiger partial charge < -0.3 is 9.80 Å². The molecule has 144 valence electrons. The molecular weight excluding hydrogens is 360 g/mol. The van der Waals surface area contributed by atoms with E-state index in [9.17, 15) is 14.9 Å². The number of benzene rings is 1. The van der Waals surface area contributed by atoms with Crippen molar-refractivity contribution in [1.29, 1.82) is 0 Å². The fraction of sp³-hybridized carbons (Fsp3) is 0.316. The van der Waals surface area contributed by atoms with Crippen LogP contribution in [0.5, 0.6) is 0 Å². The number of nitro groups is 1. The molecule has 0 spiro atoms. The lowest BCUT2D eigenvalue weighted by molar-refractivity contribution is -0.384. The van der Waals surface area contributed by atoms with Crippen molar-refractivity contribution in [3.63, 3.8) is 0 Å². The molecule has 0 atom stereocenters. The molecule has 1 aliphatic rings. The molecule has 0 radical (unpaired) electrons. The first-order chi connectivity index (χ1) is 13.4. The Morgan fingerprint density at radius 1 is 1.11 bits per heavy atom. The Morgan fingerprint density at radius 2 is 1.79 bits per heavy atom. The third kappa shape index (κ3) is 3.15. The van der Waals surface area contributed by atoms with Gasteiger partial charge in [0.05, 0.1) is 11.1 Å². The van der Waals surface area contributed by atoms with Gasteiger partial charge in [-0.2, -0.15) is 5.10 Å². The summed E-state index contributed by atoms with van der Waals surface area (Å²) < 4.78 is 1.69. The molecule has 4 rings (SSSR count). The lowest BCUT2D eigenvalue weighted by atomic mass is 10.2. The Morgan fingerprint density at radius 3 is 2.43 bits per heavy atom. The van der Waals surface area contributed by atoms with Crippen LogP contribution in [0.1, 0.15) is 21.7 Å². The molecule has 9 nitrogen and oxygen atoms in total. The third-order valence-electron chi connectivity index (χ3n) is 5.00. The van der Waals surface area contributed by atoms with Crippen molar-refractivity contribution in [3.05, 3.63) is 63.6 Å². The van der Waals surface area contributed by atoms with Crippen LogP contribution >= 0.6 is 0 Å². The summed E-state index contributed by atoms with van der Waals surface area (Å²) >= 11 is 0. The summed E-state index contributed by atoms with van der Waals surface area (Å²) in [5, 5.41) is 15.1. The van der Waals surface area contributed by atoms with Gasteiger partial charge in [0.15, 0.2) is 5.65 Å². The smallest absolute Gasteiger partial charge is 0.269 e. The molecule has 0 N–H and O–H groups in total. The van der Waals surface area contributed by atoms with Crippen LogP contribution in [0.4, 0.5) is 11.4 Å². The van der Waals surface area contributed by atoms with Gasteiger partial charge in [-0.15, -0.1) is 0 Å². The number of hydrogen-bond donors (Lipinski definition) is 0. The SMILES string of the molecule is Cc1cc(C)n2ncc(C(=O)N3CCN(c4ccc([N+](=O)[O-])cc4)CC3)c2n1. The minimum absolute atomic E-state index is 0.0729. The Bertz CT molecular complexity index is 1050. The fourth-order valence-corrected chi connectivity index (χ4v) is 3.54. The predicted molar refractivity (Wildman–Crippen MR) is 104 cm³/mol. The van der Waals surface area contributed by atoms with E-state index >= 15 is 0 Å². The van der Waals surface area contributed by atoms with Crippen molar-refractivity contribution < 1.29 is 9.72 Å². The largest absolute Gasteiger partial charge is 0.368 e. The highest BCUT2D eigenvalue weighted by molar-refractivity contribution is 5.99. The number of aryl methyl sites for hydroxylation is 2. The minimum Gasteiger partial charge on any atom is -0.368 e. The van der Waals surface area contributed by atoms with Gasteiger partial charge in [-0.1, -0.05) is 0 Å². The van der Waals surface area contributed by atoms with E-state index in [1.54, 1.807) is 27.7 Å². The number of rotatable bonds is 3. The summed E-state index contributed by atoms with van der Waals surface area (Å²) in [7, 11) is 0. The molecule has 1 aliphatic heterocycles. The summed E-state index contributed by atoms with van der Waals surface area (Å²) in [5.74, 6) is -0.0733. The molecule has 0 bridgehead atoms. The fourth-order valence-electron chi connectivity index (χ4n) is 3.54. The summed E-state index contributed by atoms with van der Waals surface area (Å²) in [5.41, 5.74) is 3.87. The van der Waals surface area contributed by atoms with Crippen LogP contribution in [0.15, 0.2) is 36.5 Å². The highest BCUT2D eigenvalue weighted by Gasteiger charge is 2.25. The van der Waals surface area contributed by atoms with E-state index in [-0.39, 0.29) is 11.6 Å². The zero-order valence-electron chi connectivity index (χ0n) is 15.7. The summed E-state index contributed by atoms with van der Waals surface area (Å²) in [6, 6.07) is 8.42.